The smallest absolute Gasteiger partial charge is 0.316 e. The number of carbonyl (C=O) groups excluding carboxylic acids is 2. The van der Waals surface area contributed by atoms with Crippen molar-refractivity contribution in [1.29, 1.82) is 0 Å². The van der Waals surface area contributed by atoms with Gasteiger partial charge in [-0.15, -0.1) is 0 Å². The van der Waals surface area contributed by atoms with Gasteiger partial charge in [-0.3, -0.25) is 4.79 Å². The van der Waals surface area contributed by atoms with Crippen LogP contribution < -0.4 is 16.0 Å². The maximum absolute atomic E-state index is 11.6. The molecule has 0 fully saturated rings. The van der Waals surface area contributed by atoms with Gasteiger partial charge in [-0.2, -0.15) is 0 Å². The van der Waals surface area contributed by atoms with Gasteiger partial charge in [0.25, 0.3) is 0 Å². The highest BCUT2D eigenvalue weighted by molar-refractivity contribution is 9.10. The normalized spacial score (nSPS) is 9.95. The molecule has 1 rings (SSSR count). The Labute approximate surface area is 127 Å². The Hall–Kier alpha value is -1.60. The number of nitrogens with zero attached hydrogens (tertiary/aromatic N) is 1. The summed E-state index contributed by atoms with van der Waals surface area (Å²) in [5.41, 5.74) is 0.751. The minimum absolute atomic E-state index is 0.119. The Kier molecular flexibility index (Phi) is 7.03. The average molecular weight is 343 g/mol. The van der Waals surface area contributed by atoms with Crippen molar-refractivity contribution in [3.63, 3.8) is 0 Å². The first-order valence-electron chi connectivity index (χ1n) is 6.20. The summed E-state index contributed by atoms with van der Waals surface area (Å²) in [6.45, 7) is 1.21. The SMILES string of the molecule is CN(C)C(=O)NCCNCC(=O)Nc1ccc(Br)cc1. The van der Waals surface area contributed by atoms with Crippen LogP contribution in [-0.2, 0) is 4.79 Å². The molecular weight excluding hydrogens is 324 g/mol. The third kappa shape index (κ3) is 6.53. The van der Waals surface area contributed by atoms with Crippen molar-refractivity contribution < 1.29 is 9.59 Å². The van der Waals surface area contributed by atoms with E-state index in [9.17, 15) is 9.59 Å². The number of amides is 3. The molecule has 0 bridgehead atoms. The van der Waals surface area contributed by atoms with Crippen molar-refractivity contribution in [1.82, 2.24) is 15.5 Å². The quantitative estimate of drug-likeness (QED) is 0.681. The molecule has 0 saturated carbocycles. The Bertz CT molecular complexity index is 448. The molecule has 20 heavy (non-hydrogen) atoms. The predicted molar refractivity (Wildman–Crippen MR) is 82.7 cm³/mol. The summed E-state index contributed by atoms with van der Waals surface area (Å²) in [5, 5.41) is 8.43. The standard InChI is InChI=1S/C13H19BrN4O2/c1-18(2)13(20)16-8-7-15-9-12(19)17-11-5-3-10(14)4-6-11/h3-6,15H,7-9H2,1-2H3,(H,16,20)(H,17,19). The van der Waals surface area contributed by atoms with Crippen LogP contribution in [0.5, 0.6) is 0 Å². The number of urea groups is 1. The lowest BCUT2D eigenvalue weighted by atomic mass is 10.3. The molecule has 0 unspecified atom stereocenters. The van der Waals surface area contributed by atoms with E-state index >= 15 is 0 Å². The molecule has 0 heterocycles. The van der Waals surface area contributed by atoms with E-state index in [2.05, 4.69) is 31.9 Å². The fraction of sp³-hybridized carbons (Fsp3) is 0.385. The molecule has 0 aliphatic rings. The summed E-state index contributed by atoms with van der Waals surface area (Å²) in [7, 11) is 3.35. The van der Waals surface area contributed by atoms with Gasteiger partial charge < -0.3 is 20.9 Å². The third-order valence-corrected chi connectivity index (χ3v) is 2.93. The van der Waals surface area contributed by atoms with E-state index in [4.69, 9.17) is 0 Å². The maximum Gasteiger partial charge on any atom is 0.316 e. The molecule has 6 nitrogen and oxygen atoms in total. The summed E-state index contributed by atoms with van der Waals surface area (Å²) >= 11 is 3.33. The van der Waals surface area contributed by atoms with Crippen molar-refractivity contribution in [2.24, 2.45) is 0 Å². The zero-order valence-electron chi connectivity index (χ0n) is 11.6. The van der Waals surface area contributed by atoms with Crippen LogP contribution in [0.3, 0.4) is 0 Å². The highest BCUT2D eigenvalue weighted by Crippen LogP contribution is 2.13. The van der Waals surface area contributed by atoms with E-state index in [1.54, 1.807) is 14.1 Å². The van der Waals surface area contributed by atoms with E-state index in [-0.39, 0.29) is 18.5 Å². The molecule has 1 aromatic rings. The fourth-order valence-electron chi connectivity index (χ4n) is 1.36. The summed E-state index contributed by atoms with van der Waals surface area (Å²) in [5.74, 6) is -0.119. The van der Waals surface area contributed by atoms with E-state index in [1.807, 2.05) is 24.3 Å². The van der Waals surface area contributed by atoms with Crippen LogP contribution in [-0.4, -0.2) is 50.6 Å². The third-order valence-electron chi connectivity index (χ3n) is 2.40. The van der Waals surface area contributed by atoms with Crippen LogP contribution in [0.15, 0.2) is 28.7 Å². The van der Waals surface area contributed by atoms with Crippen LogP contribution in [0, 0.1) is 0 Å². The second-order valence-electron chi connectivity index (χ2n) is 4.36. The van der Waals surface area contributed by atoms with Gasteiger partial charge in [-0.05, 0) is 24.3 Å². The Morgan fingerprint density at radius 2 is 1.80 bits per heavy atom. The van der Waals surface area contributed by atoms with Crippen molar-refractivity contribution in [2.75, 3.05) is 39.0 Å². The lowest BCUT2D eigenvalue weighted by molar-refractivity contribution is -0.115. The number of halogens is 1. The molecule has 0 aliphatic heterocycles. The number of anilines is 1. The Morgan fingerprint density at radius 3 is 2.40 bits per heavy atom. The van der Waals surface area contributed by atoms with Crippen LogP contribution in [0.4, 0.5) is 10.5 Å². The van der Waals surface area contributed by atoms with Gasteiger partial charge >= 0.3 is 6.03 Å². The van der Waals surface area contributed by atoms with Crippen molar-refractivity contribution in [3.8, 4) is 0 Å². The summed E-state index contributed by atoms with van der Waals surface area (Å²) in [6, 6.07) is 7.21. The molecular formula is C13H19BrN4O2. The minimum Gasteiger partial charge on any atom is -0.337 e. The first kappa shape index (κ1) is 16.5. The molecule has 0 atom stereocenters. The zero-order chi connectivity index (χ0) is 15.0. The summed E-state index contributed by atoms with van der Waals surface area (Å²) in [6.07, 6.45) is 0. The maximum atomic E-state index is 11.6. The minimum atomic E-state index is -0.147. The van der Waals surface area contributed by atoms with Gasteiger partial charge in [0.15, 0.2) is 0 Å². The van der Waals surface area contributed by atoms with Gasteiger partial charge in [-0.25, -0.2) is 4.79 Å². The molecule has 0 aliphatic carbocycles. The van der Waals surface area contributed by atoms with Gasteiger partial charge in [0, 0.05) is 37.3 Å². The summed E-state index contributed by atoms with van der Waals surface area (Å²) in [4.78, 5) is 24.3. The van der Waals surface area contributed by atoms with E-state index in [0.29, 0.717) is 13.1 Å². The molecule has 3 N–H and O–H groups in total. The largest absolute Gasteiger partial charge is 0.337 e. The van der Waals surface area contributed by atoms with Crippen molar-refractivity contribution in [2.45, 2.75) is 0 Å². The molecule has 110 valence electrons. The van der Waals surface area contributed by atoms with E-state index in [1.165, 1.54) is 4.90 Å². The molecule has 0 saturated heterocycles. The van der Waals surface area contributed by atoms with E-state index in [0.717, 1.165) is 10.2 Å². The summed E-state index contributed by atoms with van der Waals surface area (Å²) < 4.78 is 0.963. The number of nitrogens with one attached hydrogen (secondary N) is 3. The highest BCUT2D eigenvalue weighted by Gasteiger charge is 2.03. The Morgan fingerprint density at radius 1 is 1.15 bits per heavy atom. The number of hydrogen-bond donors (Lipinski definition) is 3. The molecule has 7 heteroatoms. The highest BCUT2D eigenvalue weighted by atomic mass is 79.9. The van der Waals surface area contributed by atoms with Crippen molar-refractivity contribution in [3.05, 3.63) is 28.7 Å². The molecule has 0 aromatic heterocycles. The topological polar surface area (TPSA) is 73.5 Å². The fourth-order valence-corrected chi connectivity index (χ4v) is 1.62. The van der Waals surface area contributed by atoms with Crippen LogP contribution in [0.25, 0.3) is 0 Å². The lowest BCUT2D eigenvalue weighted by Crippen LogP contribution is -2.39. The van der Waals surface area contributed by atoms with Crippen LogP contribution >= 0.6 is 15.9 Å². The molecule has 1 aromatic carbocycles. The van der Waals surface area contributed by atoms with Gasteiger partial charge in [0.2, 0.25) is 5.91 Å². The first-order chi connectivity index (χ1) is 9.49. The van der Waals surface area contributed by atoms with E-state index < -0.39 is 0 Å². The second kappa shape index (κ2) is 8.55. The number of hydrogen-bond acceptors (Lipinski definition) is 3. The number of rotatable bonds is 6. The first-order valence-corrected chi connectivity index (χ1v) is 6.99. The second-order valence-corrected chi connectivity index (χ2v) is 5.27. The molecule has 3 amide bonds. The van der Waals surface area contributed by atoms with Gasteiger partial charge in [-0.1, -0.05) is 15.9 Å². The van der Waals surface area contributed by atoms with Crippen molar-refractivity contribution >= 4 is 33.6 Å². The van der Waals surface area contributed by atoms with Gasteiger partial charge in [0.05, 0.1) is 6.54 Å². The average Bonchev–Trinajstić information content (AvgIpc) is 2.40. The van der Waals surface area contributed by atoms with Gasteiger partial charge in [0.1, 0.15) is 0 Å². The monoisotopic (exact) mass is 342 g/mol. The van der Waals surface area contributed by atoms with Crippen LogP contribution in [0.2, 0.25) is 0 Å². The predicted octanol–water partition coefficient (Wildman–Crippen LogP) is 1.25. The molecule has 0 spiro atoms. The van der Waals surface area contributed by atoms with Crippen LogP contribution in [0.1, 0.15) is 0 Å². The lowest BCUT2D eigenvalue weighted by Gasteiger charge is -2.12. The number of carbonyl (C=O) groups is 2. The Balaban J connectivity index is 2.14. The number of benzene rings is 1. The zero-order valence-corrected chi connectivity index (χ0v) is 13.2. The molecule has 0 radical (unpaired) electrons.